The lowest BCUT2D eigenvalue weighted by Gasteiger charge is -2.36. The number of rotatable bonds is 5. The summed E-state index contributed by atoms with van der Waals surface area (Å²) in [5.74, 6) is 1.94. The molecule has 0 aliphatic carbocycles. The maximum atomic E-state index is 12.9. The first-order chi connectivity index (χ1) is 15.4. The van der Waals surface area contributed by atoms with Crippen LogP contribution in [0.4, 0.5) is 5.82 Å². The third-order valence-corrected chi connectivity index (χ3v) is 6.18. The summed E-state index contributed by atoms with van der Waals surface area (Å²) in [5, 5.41) is 0. The van der Waals surface area contributed by atoms with Crippen LogP contribution in [0.15, 0.2) is 48.5 Å². The second-order valence-electron chi connectivity index (χ2n) is 8.68. The lowest BCUT2D eigenvalue weighted by Crippen LogP contribution is -2.49. The Morgan fingerprint density at radius 3 is 2.03 bits per heavy atom. The predicted molar refractivity (Wildman–Crippen MR) is 129 cm³/mol. The first kappa shape index (κ1) is 22.0. The topological polar surface area (TPSA) is 49.3 Å². The number of anilines is 1. The standard InChI is InChI=1S/C27H32N4O/c1-5-25-24(18-22-10-6-19(2)7-11-22)26(29-21(4)28-25)30-14-16-31(17-15-30)27(32)23-12-8-20(3)9-13-23/h6-13H,5,14-18H2,1-4H3. The van der Waals surface area contributed by atoms with Crippen LogP contribution in [0.3, 0.4) is 0 Å². The van der Waals surface area contributed by atoms with Gasteiger partial charge in [0.2, 0.25) is 0 Å². The first-order valence-electron chi connectivity index (χ1n) is 11.5. The fourth-order valence-electron chi connectivity index (χ4n) is 4.28. The Labute approximate surface area is 191 Å². The van der Waals surface area contributed by atoms with Crippen molar-refractivity contribution in [2.45, 2.75) is 40.5 Å². The smallest absolute Gasteiger partial charge is 0.253 e. The Hall–Kier alpha value is -3.21. The summed E-state index contributed by atoms with van der Waals surface area (Å²) in [4.78, 5) is 26.8. The van der Waals surface area contributed by atoms with Gasteiger partial charge in [-0.25, -0.2) is 9.97 Å². The molecule has 1 fully saturated rings. The molecule has 1 aromatic heterocycles. The number of hydrogen-bond donors (Lipinski definition) is 0. The van der Waals surface area contributed by atoms with E-state index in [9.17, 15) is 4.79 Å². The number of amides is 1. The summed E-state index contributed by atoms with van der Waals surface area (Å²) in [6.07, 6.45) is 1.70. The number of hydrogen-bond acceptors (Lipinski definition) is 4. The molecule has 0 unspecified atom stereocenters. The van der Waals surface area contributed by atoms with Gasteiger partial charge in [0.15, 0.2) is 0 Å². The van der Waals surface area contributed by atoms with E-state index in [1.807, 2.05) is 43.0 Å². The molecule has 0 saturated carbocycles. The van der Waals surface area contributed by atoms with Crippen molar-refractivity contribution in [2.24, 2.45) is 0 Å². The van der Waals surface area contributed by atoms with Crippen molar-refractivity contribution >= 4 is 11.7 Å². The Kier molecular flexibility index (Phi) is 6.54. The van der Waals surface area contributed by atoms with Gasteiger partial charge in [-0.1, -0.05) is 54.4 Å². The number of nitrogens with zero attached hydrogens (tertiary/aromatic N) is 4. The van der Waals surface area contributed by atoms with Gasteiger partial charge in [-0.15, -0.1) is 0 Å². The molecule has 3 aromatic rings. The number of aromatic nitrogens is 2. The van der Waals surface area contributed by atoms with Crippen LogP contribution < -0.4 is 4.90 Å². The minimum Gasteiger partial charge on any atom is -0.353 e. The maximum absolute atomic E-state index is 12.9. The molecule has 2 aromatic carbocycles. The van der Waals surface area contributed by atoms with E-state index in [0.29, 0.717) is 13.1 Å². The SMILES string of the molecule is CCc1nc(C)nc(N2CCN(C(=O)c3ccc(C)cc3)CC2)c1Cc1ccc(C)cc1. The van der Waals surface area contributed by atoms with E-state index in [0.717, 1.165) is 48.8 Å². The maximum Gasteiger partial charge on any atom is 0.253 e. The number of carbonyl (C=O) groups excluding carboxylic acids is 1. The van der Waals surface area contributed by atoms with E-state index in [1.165, 1.54) is 22.3 Å². The van der Waals surface area contributed by atoms with Crippen LogP contribution in [0, 0.1) is 20.8 Å². The Morgan fingerprint density at radius 1 is 0.844 bits per heavy atom. The fraction of sp³-hybridized carbons (Fsp3) is 0.370. The molecule has 1 amide bonds. The summed E-state index contributed by atoms with van der Waals surface area (Å²) < 4.78 is 0. The van der Waals surface area contributed by atoms with E-state index < -0.39 is 0 Å². The van der Waals surface area contributed by atoms with Crippen molar-refractivity contribution in [1.29, 1.82) is 0 Å². The van der Waals surface area contributed by atoms with Crippen LogP contribution in [0.1, 0.15) is 51.1 Å². The van der Waals surface area contributed by atoms with Crippen molar-refractivity contribution in [3.05, 3.63) is 87.9 Å². The molecule has 166 valence electrons. The normalized spacial score (nSPS) is 14.0. The van der Waals surface area contributed by atoms with Gasteiger partial charge in [0.25, 0.3) is 5.91 Å². The molecule has 32 heavy (non-hydrogen) atoms. The van der Waals surface area contributed by atoms with Crippen LogP contribution in [0.25, 0.3) is 0 Å². The molecular weight excluding hydrogens is 396 g/mol. The van der Waals surface area contributed by atoms with Crippen molar-refractivity contribution < 1.29 is 4.79 Å². The van der Waals surface area contributed by atoms with Crippen molar-refractivity contribution in [3.63, 3.8) is 0 Å². The third kappa shape index (κ3) is 4.82. The molecule has 1 saturated heterocycles. The molecule has 5 nitrogen and oxygen atoms in total. The monoisotopic (exact) mass is 428 g/mol. The molecule has 2 heterocycles. The average Bonchev–Trinajstić information content (AvgIpc) is 2.81. The summed E-state index contributed by atoms with van der Waals surface area (Å²) in [6, 6.07) is 16.5. The second kappa shape index (κ2) is 9.51. The average molecular weight is 429 g/mol. The molecule has 0 N–H and O–H groups in total. The molecule has 1 aliphatic rings. The van der Waals surface area contributed by atoms with E-state index in [1.54, 1.807) is 0 Å². The van der Waals surface area contributed by atoms with Gasteiger partial charge >= 0.3 is 0 Å². The first-order valence-corrected chi connectivity index (χ1v) is 11.5. The van der Waals surface area contributed by atoms with E-state index in [2.05, 4.69) is 43.0 Å². The summed E-state index contributed by atoms with van der Waals surface area (Å²) in [5.41, 5.74) is 6.78. The zero-order valence-electron chi connectivity index (χ0n) is 19.6. The summed E-state index contributed by atoms with van der Waals surface area (Å²) in [6.45, 7) is 11.2. The van der Waals surface area contributed by atoms with Crippen LogP contribution >= 0.6 is 0 Å². The van der Waals surface area contributed by atoms with Crippen LogP contribution in [0.5, 0.6) is 0 Å². The van der Waals surface area contributed by atoms with Crippen LogP contribution in [-0.2, 0) is 12.8 Å². The molecule has 4 rings (SSSR count). The number of benzene rings is 2. The van der Waals surface area contributed by atoms with Gasteiger partial charge in [0.1, 0.15) is 11.6 Å². The zero-order valence-corrected chi connectivity index (χ0v) is 19.6. The highest BCUT2D eigenvalue weighted by Gasteiger charge is 2.25. The highest BCUT2D eigenvalue weighted by molar-refractivity contribution is 5.94. The quantitative estimate of drug-likeness (QED) is 0.600. The molecule has 0 bridgehead atoms. The van der Waals surface area contributed by atoms with Crippen molar-refractivity contribution in [3.8, 4) is 0 Å². The number of aryl methyl sites for hydroxylation is 4. The minimum atomic E-state index is 0.109. The van der Waals surface area contributed by atoms with Gasteiger partial charge in [-0.3, -0.25) is 4.79 Å². The van der Waals surface area contributed by atoms with Gasteiger partial charge in [0.05, 0.1) is 0 Å². The molecular formula is C27H32N4O. The Bertz CT molecular complexity index is 1080. The van der Waals surface area contributed by atoms with Gasteiger partial charge in [-0.05, 0) is 44.9 Å². The Morgan fingerprint density at radius 2 is 1.44 bits per heavy atom. The fourth-order valence-corrected chi connectivity index (χ4v) is 4.28. The van der Waals surface area contributed by atoms with E-state index >= 15 is 0 Å². The van der Waals surface area contributed by atoms with Crippen molar-refractivity contribution in [1.82, 2.24) is 14.9 Å². The minimum absolute atomic E-state index is 0.109. The predicted octanol–water partition coefficient (Wildman–Crippen LogP) is 4.52. The molecule has 0 radical (unpaired) electrons. The second-order valence-corrected chi connectivity index (χ2v) is 8.68. The highest BCUT2D eigenvalue weighted by Crippen LogP contribution is 2.26. The number of piperazine rings is 1. The van der Waals surface area contributed by atoms with Crippen LogP contribution in [-0.4, -0.2) is 47.0 Å². The van der Waals surface area contributed by atoms with Gasteiger partial charge in [-0.2, -0.15) is 0 Å². The number of carbonyl (C=O) groups is 1. The van der Waals surface area contributed by atoms with E-state index in [4.69, 9.17) is 9.97 Å². The summed E-state index contributed by atoms with van der Waals surface area (Å²) >= 11 is 0. The third-order valence-electron chi connectivity index (χ3n) is 6.18. The molecule has 5 heteroatoms. The summed E-state index contributed by atoms with van der Waals surface area (Å²) in [7, 11) is 0. The van der Waals surface area contributed by atoms with Gasteiger partial charge in [0, 0.05) is 49.4 Å². The Balaban J connectivity index is 1.54. The molecule has 1 aliphatic heterocycles. The van der Waals surface area contributed by atoms with Crippen LogP contribution in [0.2, 0.25) is 0 Å². The highest BCUT2D eigenvalue weighted by atomic mass is 16.2. The molecule has 0 atom stereocenters. The largest absolute Gasteiger partial charge is 0.353 e. The van der Waals surface area contributed by atoms with E-state index in [-0.39, 0.29) is 5.91 Å². The lowest BCUT2D eigenvalue weighted by molar-refractivity contribution is 0.0746. The zero-order chi connectivity index (χ0) is 22.7. The lowest BCUT2D eigenvalue weighted by atomic mass is 10.0. The van der Waals surface area contributed by atoms with Crippen molar-refractivity contribution in [2.75, 3.05) is 31.1 Å². The molecule has 0 spiro atoms. The van der Waals surface area contributed by atoms with Gasteiger partial charge < -0.3 is 9.80 Å².